The van der Waals surface area contributed by atoms with Gasteiger partial charge in [0.05, 0.1) is 19.5 Å². The van der Waals surface area contributed by atoms with E-state index in [9.17, 15) is 63.0 Å². The molecule has 606 valence electrons. The van der Waals surface area contributed by atoms with Crippen molar-refractivity contribution in [2.45, 2.75) is 20.2 Å². The molecule has 0 atom stereocenters. The van der Waals surface area contributed by atoms with Crippen LogP contribution in [0, 0.1) is 6.92 Å². The number of allylic oxidation sites excluding steroid dienone is 1. The molecule has 0 fully saturated rings. The summed E-state index contributed by atoms with van der Waals surface area (Å²) in [5, 5.41) is 97.4. The number of carboxylic acid groups (broad SMARTS) is 4. The van der Waals surface area contributed by atoms with Crippen LogP contribution >= 0.6 is 45.3 Å². The molecule has 16 rings (SSSR count). The summed E-state index contributed by atoms with van der Waals surface area (Å²) in [5.74, 6) is 1.57. The molecule has 0 saturated carbocycles. The van der Waals surface area contributed by atoms with Gasteiger partial charge in [-0.1, -0.05) is 78.9 Å². The minimum Gasteiger partial charge on any atom is -0.508 e. The van der Waals surface area contributed by atoms with Gasteiger partial charge in [-0.15, -0.1) is 58.5 Å². The molecule has 0 radical (unpaired) electrons. The van der Waals surface area contributed by atoms with E-state index < -0.39 is 30.2 Å². The molecule has 0 aliphatic rings. The lowest BCUT2D eigenvalue weighted by molar-refractivity contribution is -0.274. The van der Waals surface area contributed by atoms with E-state index >= 15 is 0 Å². The van der Waals surface area contributed by atoms with E-state index in [0.717, 1.165) is 124 Å². The lowest BCUT2D eigenvalue weighted by atomic mass is 10.1. The number of aryl methyl sites for hydroxylation is 1. The van der Waals surface area contributed by atoms with Crippen molar-refractivity contribution < 1.29 is 107 Å². The Kier molecular flexibility index (Phi) is 26.0. The first-order chi connectivity index (χ1) is 58.1. The lowest BCUT2D eigenvalue weighted by Crippen LogP contribution is -2.16. The van der Waals surface area contributed by atoms with E-state index in [1.54, 1.807) is 170 Å². The van der Waals surface area contributed by atoms with Crippen LogP contribution in [-0.2, 0) is 19.2 Å². The number of carboxylic acids is 4. The molecule has 4 heterocycles. The molecule has 0 amide bonds. The molecule has 19 nitrogen and oxygen atoms in total. The average molecular weight is 1700 g/mol. The van der Waals surface area contributed by atoms with Gasteiger partial charge in [-0.3, -0.25) is 0 Å². The van der Waals surface area contributed by atoms with Gasteiger partial charge >= 0.3 is 30.2 Å². The molecule has 0 saturated heterocycles. The Morgan fingerprint density at radius 3 is 0.950 bits per heavy atom. The van der Waals surface area contributed by atoms with Gasteiger partial charge in [0.1, 0.15) is 63.2 Å². The van der Waals surface area contributed by atoms with Crippen LogP contribution in [0.4, 0.5) is 13.2 Å². The van der Waals surface area contributed by atoms with Crippen molar-refractivity contribution in [2.75, 3.05) is 0 Å². The summed E-state index contributed by atoms with van der Waals surface area (Å²) in [6.07, 6.45) is 4.09. The molecule has 4 aromatic heterocycles. The normalized spacial score (nSPS) is 11.4. The maximum Gasteiger partial charge on any atom is 0.573 e. The molecular weight excluding hydrogens is 1630 g/mol. The number of thiophene rings is 4. The van der Waals surface area contributed by atoms with Crippen LogP contribution < -0.4 is 23.7 Å². The van der Waals surface area contributed by atoms with Crippen LogP contribution in [0.15, 0.2) is 291 Å². The molecule has 16 aromatic rings. The van der Waals surface area contributed by atoms with E-state index in [-0.39, 0.29) is 40.2 Å². The zero-order valence-electron chi connectivity index (χ0n) is 63.4. The standard InChI is InChI=1S/C24H15F3O5S.2C24H18O5S.C23H16O4S/c25-24(26,27)32-18-9-4-15(5-10-18)23-22(19-11-6-16(28)13-20(19)33-23)31-17-7-1-14(2-8-17)3-12-21(29)30;1-14-12-16(5-10-20(14)26)24-23(19-9-6-17(25)13-21(19)30-24)29-18-7-2-15(3-8-18)4-11-22(27)28;1-14(12-22(27)28)15-4-9-19(10-5-15)29-23-20-11-8-18(26)13-21(20)30-24(23)16-2-6-17(25)7-3-16;24-17-9-12-19-20(14-17)28-23(16-4-2-1-3-5-16)22(19)27-18-10-6-15(7-11-18)8-13-21(25)26/h1-13,28H,(H,29,30);2*2-13,25-26H,1H3,(H,27,28);1-14,24H,(H,25,26)/b12-3+;11-4+;14-12+;13-8+. The second-order valence-corrected chi connectivity index (χ2v) is 30.8. The average Bonchev–Trinajstić information content (AvgIpc) is 1.65. The Hall–Kier alpha value is -15.1. The monoisotopic (exact) mass is 1700 g/mol. The Labute approximate surface area is 703 Å². The van der Waals surface area contributed by atoms with E-state index in [4.69, 9.17) is 39.4 Å². The number of alkyl halides is 3. The number of halogens is 3. The van der Waals surface area contributed by atoms with Gasteiger partial charge in [-0.05, 0) is 276 Å². The van der Waals surface area contributed by atoms with E-state index in [0.29, 0.717) is 61.8 Å². The van der Waals surface area contributed by atoms with E-state index in [1.807, 2.05) is 91.9 Å². The minimum atomic E-state index is -4.78. The molecule has 0 bridgehead atoms. The van der Waals surface area contributed by atoms with Crippen molar-refractivity contribution in [2.24, 2.45) is 0 Å². The third-order valence-electron chi connectivity index (χ3n) is 17.9. The zero-order chi connectivity index (χ0) is 85.6. The Morgan fingerprint density at radius 2 is 0.628 bits per heavy atom. The Morgan fingerprint density at radius 1 is 0.331 bits per heavy atom. The Balaban J connectivity index is 0.000000139. The highest BCUT2D eigenvalue weighted by molar-refractivity contribution is 7.24. The molecule has 10 N–H and O–H groups in total. The summed E-state index contributed by atoms with van der Waals surface area (Å²) in [7, 11) is 0. The number of hydrogen-bond donors (Lipinski definition) is 10. The quantitative estimate of drug-likeness (QED) is 0.0299. The number of fused-ring (bicyclic) bond motifs is 4. The predicted octanol–water partition coefficient (Wildman–Crippen LogP) is 25.7. The first-order valence-electron chi connectivity index (χ1n) is 36.4. The summed E-state index contributed by atoms with van der Waals surface area (Å²) in [6, 6.07) is 76.2. The van der Waals surface area contributed by atoms with Gasteiger partial charge in [0.25, 0.3) is 0 Å². The van der Waals surface area contributed by atoms with Crippen LogP contribution in [-0.4, -0.2) is 81.3 Å². The number of rotatable bonds is 21. The van der Waals surface area contributed by atoms with Crippen LogP contribution in [0.25, 0.3) is 106 Å². The maximum absolute atomic E-state index is 12.5. The highest BCUT2D eigenvalue weighted by Gasteiger charge is 2.31. The fourth-order valence-corrected chi connectivity index (χ4v) is 16.9. The molecule has 0 unspecified atom stereocenters. The number of phenolic OH excluding ortho intramolecular Hbond substituents is 6. The predicted molar refractivity (Wildman–Crippen MR) is 468 cm³/mol. The highest BCUT2D eigenvalue weighted by atomic mass is 32.1. The highest BCUT2D eigenvalue weighted by Crippen LogP contribution is 2.52. The third-order valence-corrected chi connectivity index (χ3v) is 22.6. The molecule has 12 aromatic carbocycles. The van der Waals surface area contributed by atoms with Crippen molar-refractivity contribution in [3.63, 3.8) is 0 Å². The molecular formula is C95H67F3O19S4. The molecule has 121 heavy (non-hydrogen) atoms. The van der Waals surface area contributed by atoms with E-state index in [2.05, 4.69) is 4.74 Å². The van der Waals surface area contributed by atoms with Gasteiger partial charge in [0.15, 0.2) is 23.0 Å². The summed E-state index contributed by atoms with van der Waals surface area (Å²) in [5.41, 5.74) is 7.85. The molecule has 0 aliphatic carbocycles. The Bertz CT molecular complexity index is 6610. The number of ether oxygens (including phenoxy) is 5. The number of hydrogen-bond acceptors (Lipinski definition) is 19. The van der Waals surface area contributed by atoms with Gasteiger partial charge in [0.2, 0.25) is 0 Å². The number of aromatic hydroxyl groups is 6. The first kappa shape index (κ1) is 83.8. The fraction of sp³-hybridized carbons (Fsp3) is 0.0316. The van der Waals surface area contributed by atoms with Crippen LogP contribution in [0.5, 0.6) is 86.2 Å². The summed E-state index contributed by atoms with van der Waals surface area (Å²) in [4.78, 5) is 46.3. The third kappa shape index (κ3) is 21.8. The summed E-state index contributed by atoms with van der Waals surface area (Å²) in [6.45, 7) is 3.58. The van der Waals surface area contributed by atoms with Gasteiger partial charge < -0.3 is 74.7 Å². The SMILES string of the molecule is C/C(=C\C(=O)O)c1ccc(Oc2c(-c3ccc(O)cc3)sc3cc(O)ccc23)cc1.Cc1cc(-c2sc3cc(O)ccc3c2Oc2ccc(/C=C/C(=O)O)cc2)ccc1O.O=C(O)/C=C/c1ccc(Oc2c(-c3ccc(OC(F)(F)F)cc3)sc3cc(O)ccc23)cc1.O=C(O)/C=C/c1ccc(Oc2c(-c3ccccc3)sc3cc(O)ccc23)cc1. The van der Waals surface area contributed by atoms with Gasteiger partial charge in [-0.2, -0.15) is 0 Å². The maximum atomic E-state index is 12.5. The first-order valence-corrected chi connectivity index (χ1v) is 39.6. The molecule has 0 spiro atoms. The second kappa shape index (κ2) is 37.5. The second-order valence-electron chi connectivity index (χ2n) is 26.6. The van der Waals surface area contributed by atoms with Crippen molar-refractivity contribution in [1.82, 2.24) is 0 Å². The van der Waals surface area contributed by atoms with Crippen molar-refractivity contribution in [1.29, 1.82) is 0 Å². The molecule has 0 aliphatic heterocycles. The summed E-state index contributed by atoms with van der Waals surface area (Å²) < 4.78 is 69.6. The number of aliphatic carboxylic acids is 4. The van der Waals surface area contributed by atoms with Crippen LogP contribution in [0.2, 0.25) is 0 Å². The number of carbonyl (C=O) groups is 4. The fourth-order valence-electron chi connectivity index (χ4n) is 12.2. The topological polar surface area (TPSA) is 317 Å². The van der Waals surface area contributed by atoms with Crippen molar-refractivity contribution in [3.05, 3.63) is 319 Å². The minimum absolute atomic E-state index is 0.0744. The summed E-state index contributed by atoms with van der Waals surface area (Å²) >= 11 is 5.87. The van der Waals surface area contributed by atoms with Crippen LogP contribution in [0.1, 0.15) is 34.7 Å². The van der Waals surface area contributed by atoms with Gasteiger partial charge in [-0.25, -0.2) is 19.2 Å². The van der Waals surface area contributed by atoms with Crippen molar-refractivity contribution >= 4 is 133 Å². The zero-order valence-corrected chi connectivity index (χ0v) is 66.6. The van der Waals surface area contributed by atoms with Gasteiger partial charge in [0, 0.05) is 64.6 Å². The van der Waals surface area contributed by atoms with Crippen molar-refractivity contribution in [3.8, 4) is 128 Å². The largest absolute Gasteiger partial charge is 0.573 e. The van der Waals surface area contributed by atoms with E-state index in [1.165, 1.54) is 82.6 Å². The smallest absolute Gasteiger partial charge is 0.508 e. The number of benzene rings is 12. The lowest BCUT2D eigenvalue weighted by Gasteiger charge is -2.11. The number of phenols is 6. The van der Waals surface area contributed by atoms with Crippen LogP contribution in [0.3, 0.4) is 0 Å². The molecule has 26 heteroatoms.